The minimum absolute atomic E-state index is 0. The van der Waals surface area contributed by atoms with Gasteiger partial charge in [0.2, 0.25) is 6.79 Å². The van der Waals surface area contributed by atoms with Gasteiger partial charge < -0.3 is 19.7 Å². The molecule has 1 aromatic rings. The largest absolute Gasteiger partial charge is 0.454 e. The summed E-state index contributed by atoms with van der Waals surface area (Å²) in [6.07, 6.45) is 5.87. The molecule has 3 aliphatic rings. The first-order chi connectivity index (χ1) is 14.3. The Morgan fingerprint density at radius 2 is 1.87 bits per heavy atom. The Balaban J connectivity index is 0.00000272. The Kier molecular flexibility index (Phi) is 7.35. The lowest BCUT2D eigenvalue weighted by Gasteiger charge is -2.42. The maximum atomic E-state index is 12.4. The van der Waals surface area contributed by atoms with Crippen molar-refractivity contribution in [2.75, 3.05) is 39.2 Å². The van der Waals surface area contributed by atoms with Crippen molar-refractivity contribution in [3.8, 4) is 11.5 Å². The maximum Gasteiger partial charge on any atom is 0.231 e. The summed E-state index contributed by atoms with van der Waals surface area (Å²) in [6.45, 7) is 5.58. The number of rotatable bonds is 3. The van der Waals surface area contributed by atoms with Gasteiger partial charge in [0.1, 0.15) is 0 Å². The smallest absolute Gasteiger partial charge is 0.231 e. The lowest BCUT2D eigenvalue weighted by Crippen LogP contribution is -2.58. The van der Waals surface area contributed by atoms with Crippen molar-refractivity contribution < 1.29 is 17.9 Å². The standard InChI is InChI=1S/C22H33N3O4S.HI/c1-21(2)15-25(11-12-30(21,26)27)20(23-3)24-14-22(9-5-4-6-10-22)17-7-8-18-19(13-17)29-16-28-18;/h7-8,13H,4-6,9-12,14-16H2,1-3H3,(H,23,24);1H. The molecule has 7 nitrogen and oxygen atoms in total. The molecule has 1 N–H and O–H groups in total. The highest BCUT2D eigenvalue weighted by molar-refractivity contribution is 14.0. The fourth-order valence-electron chi connectivity index (χ4n) is 4.93. The number of benzene rings is 1. The number of nitrogens with one attached hydrogen (secondary N) is 1. The third kappa shape index (κ3) is 4.77. The highest BCUT2D eigenvalue weighted by Crippen LogP contribution is 2.43. The minimum atomic E-state index is -3.08. The van der Waals surface area contributed by atoms with Crippen LogP contribution < -0.4 is 14.8 Å². The van der Waals surface area contributed by atoms with Gasteiger partial charge >= 0.3 is 0 Å². The van der Waals surface area contributed by atoms with E-state index in [1.807, 2.05) is 6.07 Å². The van der Waals surface area contributed by atoms with Crippen LogP contribution in [0.4, 0.5) is 0 Å². The van der Waals surface area contributed by atoms with Crippen molar-refractivity contribution in [3.63, 3.8) is 0 Å². The second kappa shape index (κ2) is 9.33. The molecule has 174 valence electrons. The third-order valence-corrected chi connectivity index (χ3v) is 9.47. The zero-order valence-corrected chi connectivity index (χ0v) is 21.8. The lowest BCUT2D eigenvalue weighted by molar-refractivity contribution is 0.173. The lowest BCUT2D eigenvalue weighted by atomic mass is 9.69. The van der Waals surface area contributed by atoms with E-state index >= 15 is 0 Å². The number of ether oxygens (including phenoxy) is 2. The topological polar surface area (TPSA) is 80.2 Å². The summed E-state index contributed by atoms with van der Waals surface area (Å²) in [5.74, 6) is 2.58. The van der Waals surface area contributed by atoms with Crippen LogP contribution in [0.25, 0.3) is 0 Å². The third-order valence-electron chi connectivity index (χ3n) is 6.94. The van der Waals surface area contributed by atoms with E-state index in [0.29, 0.717) is 13.1 Å². The molecule has 1 saturated carbocycles. The van der Waals surface area contributed by atoms with Gasteiger partial charge in [-0.15, -0.1) is 24.0 Å². The van der Waals surface area contributed by atoms with Gasteiger partial charge in [0.05, 0.1) is 10.5 Å². The molecule has 0 aromatic heterocycles. The van der Waals surface area contributed by atoms with Gasteiger partial charge in [-0.1, -0.05) is 25.3 Å². The van der Waals surface area contributed by atoms with E-state index < -0.39 is 14.6 Å². The SMILES string of the molecule is CN=C(NCC1(c2ccc3c(c2)OCO3)CCCCC1)N1CCS(=O)(=O)C(C)(C)C1.I. The van der Waals surface area contributed by atoms with Crippen LogP contribution in [0, 0.1) is 0 Å². The molecule has 1 aromatic carbocycles. The van der Waals surface area contributed by atoms with Gasteiger partial charge in [-0.05, 0) is 44.4 Å². The molecule has 2 aliphatic heterocycles. The van der Waals surface area contributed by atoms with E-state index in [4.69, 9.17) is 9.47 Å². The zero-order chi connectivity index (χ0) is 21.4. The minimum Gasteiger partial charge on any atom is -0.454 e. The molecule has 0 unspecified atom stereocenters. The Labute approximate surface area is 202 Å². The first-order valence-electron chi connectivity index (χ1n) is 10.8. The van der Waals surface area contributed by atoms with Crippen LogP contribution in [0.3, 0.4) is 0 Å². The Morgan fingerprint density at radius 1 is 1.16 bits per heavy atom. The monoisotopic (exact) mass is 563 g/mol. The fourth-order valence-corrected chi connectivity index (χ4v) is 6.29. The quantitative estimate of drug-likeness (QED) is 0.346. The van der Waals surface area contributed by atoms with Gasteiger partial charge in [0.25, 0.3) is 0 Å². The summed E-state index contributed by atoms with van der Waals surface area (Å²) in [6, 6.07) is 6.31. The van der Waals surface area contributed by atoms with Gasteiger partial charge in [-0.25, -0.2) is 8.42 Å². The van der Waals surface area contributed by atoms with Crippen LogP contribution in [0.1, 0.15) is 51.5 Å². The van der Waals surface area contributed by atoms with Crippen LogP contribution in [-0.4, -0.2) is 63.3 Å². The van der Waals surface area contributed by atoms with Crippen molar-refractivity contribution in [1.29, 1.82) is 0 Å². The van der Waals surface area contributed by atoms with E-state index in [1.165, 1.54) is 24.8 Å². The van der Waals surface area contributed by atoms with Crippen LogP contribution in [0.15, 0.2) is 23.2 Å². The second-order valence-corrected chi connectivity index (χ2v) is 12.1. The van der Waals surface area contributed by atoms with Crippen LogP contribution in [0.2, 0.25) is 0 Å². The molecule has 0 bridgehead atoms. The molecule has 4 rings (SSSR count). The summed E-state index contributed by atoms with van der Waals surface area (Å²) >= 11 is 0. The molecule has 0 amide bonds. The molecule has 31 heavy (non-hydrogen) atoms. The number of guanidine groups is 1. The van der Waals surface area contributed by atoms with Crippen molar-refractivity contribution in [2.24, 2.45) is 4.99 Å². The molecule has 9 heteroatoms. The van der Waals surface area contributed by atoms with E-state index in [1.54, 1.807) is 20.9 Å². The number of hydrogen-bond acceptors (Lipinski definition) is 5. The van der Waals surface area contributed by atoms with Gasteiger partial charge in [0, 0.05) is 32.1 Å². The average molecular weight is 564 g/mol. The summed E-state index contributed by atoms with van der Waals surface area (Å²) in [7, 11) is -1.31. The first-order valence-corrected chi connectivity index (χ1v) is 12.5. The van der Waals surface area contributed by atoms with Gasteiger partial charge in [-0.3, -0.25) is 4.99 Å². The summed E-state index contributed by atoms with van der Waals surface area (Å²) in [5.41, 5.74) is 1.28. The average Bonchev–Trinajstić information content (AvgIpc) is 3.19. The molecular formula is C22H34IN3O4S. The van der Waals surface area contributed by atoms with E-state index in [2.05, 4.69) is 27.3 Å². The first kappa shape index (κ1) is 24.4. The van der Waals surface area contributed by atoms with Gasteiger partial charge in [-0.2, -0.15) is 0 Å². The molecule has 1 saturated heterocycles. The molecule has 2 heterocycles. The normalized spacial score (nSPS) is 23.7. The molecule has 0 spiro atoms. The molecule has 1 aliphatic carbocycles. The van der Waals surface area contributed by atoms with Crippen molar-refractivity contribution in [3.05, 3.63) is 23.8 Å². The second-order valence-electron chi connectivity index (χ2n) is 9.31. The van der Waals surface area contributed by atoms with Crippen LogP contribution in [0.5, 0.6) is 11.5 Å². The summed E-state index contributed by atoms with van der Waals surface area (Å²) in [5, 5.41) is 3.59. The Bertz CT molecular complexity index is 927. The van der Waals surface area contributed by atoms with Gasteiger partial charge in [0.15, 0.2) is 27.3 Å². The Hall–Kier alpha value is -1.23. The molecule has 2 fully saturated rings. The van der Waals surface area contributed by atoms with Crippen molar-refractivity contribution >= 4 is 39.8 Å². The highest BCUT2D eigenvalue weighted by atomic mass is 127. The van der Waals surface area contributed by atoms with Crippen LogP contribution in [-0.2, 0) is 15.3 Å². The highest BCUT2D eigenvalue weighted by Gasteiger charge is 2.42. The van der Waals surface area contributed by atoms with E-state index in [0.717, 1.165) is 36.8 Å². The predicted molar refractivity (Wildman–Crippen MR) is 134 cm³/mol. The number of halogens is 1. The number of fused-ring (bicyclic) bond motifs is 1. The van der Waals surface area contributed by atoms with Crippen LogP contribution >= 0.6 is 24.0 Å². The van der Waals surface area contributed by atoms with Crippen molar-refractivity contribution in [1.82, 2.24) is 10.2 Å². The fraction of sp³-hybridized carbons (Fsp3) is 0.682. The predicted octanol–water partition coefficient (Wildman–Crippen LogP) is 3.32. The van der Waals surface area contributed by atoms with E-state index in [-0.39, 0.29) is 41.9 Å². The zero-order valence-electron chi connectivity index (χ0n) is 18.6. The summed E-state index contributed by atoms with van der Waals surface area (Å²) < 4.78 is 35.1. The number of hydrogen-bond donors (Lipinski definition) is 1. The van der Waals surface area contributed by atoms with Crippen molar-refractivity contribution in [2.45, 2.75) is 56.1 Å². The Morgan fingerprint density at radius 3 is 2.55 bits per heavy atom. The maximum absolute atomic E-state index is 12.4. The number of sulfone groups is 1. The number of nitrogens with zero attached hydrogens (tertiary/aromatic N) is 2. The molecular weight excluding hydrogens is 529 g/mol. The number of aliphatic imine (C=N–C) groups is 1. The summed E-state index contributed by atoms with van der Waals surface area (Å²) in [4.78, 5) is 6.56. The van der Waals surface area contributed by atoms with E-state index in [9.17, 15) is 8.42 Å². The molecule has 0 atom stereocenters. The molecule has 0 radical (unpaired) electrons.